The van der Waals surface area contributed by atoms with Gasteiger partial charge in [0.1, 0.15) is 0 Å². The molecule has 0 spiro atoms. The van der Waals surface area contributed by atoms with Crippen molar-refractivity contribution in [2.45, 2.75) is 65.0 Å². The minimum atomic E-state index is 0.256. The minimum Gasteiger partial charge on any atom is -0.312 e. The molecule has 21 heavy (non-hydrogen) atoms. The van der Waals surface area contributed by atoms with Crippen LogP contribution in [0.15, 0.2) is 24.3 Å². The van der Waals surface area contributed by atoms with Gasteiger partial charge in [0.15, 0.2) is 0 Å². The molecule has 0 saturated carbocycles. The molecule has 1 aliphatic heterocycles. The second-order valence-electron chi connectivity index (χ2n) is 5.97. The first-order chi connectivity index (χ1) is 10.2. The Morgan fingerprint density at radius 1 is 1.14 bits per heavy atom. The third-order valence-corrected chi connectivity index (χ3v) is 4.19. The first-order valence-electron chi connectivity index (χ1n) is 8.37. The quantitative estimate of drug-likeness (QED) is 0.787. The predicted molar refractivity (Wildman–Crippen MR) is 88.5 cm³/mol. The lowest BCUT2D eigenvalue weighted by atomic mass is 10.1. The van der Waals surface area contributed by atoms with Crippen molar-refractivity contribution in [2.24, 2.45) is 0 Å². The molecule has 1 amide bonds. The average Bonchev–Trinajstić information content (AvgIpc) is 2.92. The zero-order valence-corrected chi connectivity index (χ0v) is 13.4. The zero-order chi connectivity index (χ0) is 15.1. The summed E-state index contributed by atoms with van der Waals surface area (Å²) in [4.78, 5) is 13.6. The molecule has 1 aliphatic rings. The summed E-state index contributed by atoms with van der Waals surface area (Å²) in [5, 5.41) is 3.66. The topological polar surface area (TPSA) is 32.3 Å². The number of nitrogens with one attached hydrogen (secondary N) is 1. The van der Waals surface area contributed by atoms with Crippen molar-refractivity contribution in [3.05, 3.63) is 29.8 Å². The van der Waals surface area contributed by atoms with Gasteiger partial charge in [0.05, 0.1) is 0 Å². The number of hydrogen-bond acceptors (Lipinski definition) is 2. The highest BCUT2D eigenvalue weighted by Crippen LogP contribution is 2.21. The monoisotopic (exact) mass is 288 g/mol. The second kappa shape index (κ2) is 8.18. The highest BCUT2D eigenvalue weighted by Gasteiger charge is 2.21. The van der Waals surface area contributed by atoms with E-state index < -0.39 is 0 Å². The van der Waals surface area contributed by atoms with E-state index in [0.717, 1.165) is 25.2 Å². The van der Waals surface area contributed by atoms with Gasteiger partial charge < -0.3 is 10.2 Å². The van der Waals surface area contributed by atoms with Crippen LogP contribution in [-0.2, 0) is 11.3 Å². The van der Waals surface area contributed by atoms with Gasteiger partial charge in [-0.15, -0.1) is 0 Å². The number of amides is 1. The summed E-state index contributed by atoms with van der Waals surface area (Å²) in [5.41, 5.74) is 2.34. The number of hydrogen-bond donors (Lipinski definition) is 1. The van der Waals surface area contributed by atoms with Crippen LogP contribution in [0.4, 0.5) is 5.69 Å². The normalized spacial score (nSPS) is 15.2. The molecule has 0 bridgehead atoms. The van der Waals surface area contributed by atoms with Crippen molar-refractivity contribution >= 4 is 11.6 Å². The molecule has 3 nitrogen and oxygen atoms in total. The van der Waals surface area contributed by atoms with Crippen LogP contribution in [0.3, 0.4) is 0 Å². The van der Waals surface area contributed by atoms with E-state index in [9.17, 15) is 4.79 Å². The number of anilines is 1. The molecule has 116 valence electrons. The van der Waals surface area contributed by atoms with E-state index >= 15 is 0 Å². The summed E-state index contributed by atoms with van der Waals surface area (Å²) in [5.74, 6) is 0.256. The number of carbonyl (C=O) groups excluding carboxylic acids is 1. The zero-order valence-electron chi connectivity index (χ0n) is 13.4. The van der Waals surface area contributed by atoms with Gasteiger partial charge in [0.25, 0.3) is 0 Å². The van der Waals surface area contributed by atoms with Gasteiger partial charge in [0, 0.05) is 31.2 Å². The SMILES string of the molecule is CCCC(CCC)NCc1ccc(N2CCCC2=O)cc1. The lowest BCUT2D eigenvalue weighted by Crippen LogP contribution is -2.28. The van der Waals surface area contributed by atoms with Gasteiger partial charge in [-0.05, 0) is 37.0 Å². The van der Waals surface area contributed by atoms with Crippen LogP contribution in [0.1, 0.15) is 57.9 Å². The Bertz CT molecular complexity index is 435. The van der Waals surface area contributed by atoms with Gasteiger partial charge in [-0.25, -0.2) is 0 Å². The van der Waals surface area contributed by atoms with Gasteiger partial charge in [-0.1, -0.05) is 38.8 Å². The lowest BCUT2D eigenvalue weighted by Gasteiger charge is -2.18. The number of nitrogens with zero attached hydrogens (tertiary/aromatic N) is 1. The van der Waals surface area contributed by atoms with E-state index in [-0.39, 0.29) is 5.91 Å². The summed E-state index contributed by atoms with van der Waals surface area (Å²) in [6, 6.07) is 9.06. The average molecular weight is 288 g/mol. The Morgan fingerprint density at radius 3 is 2.33 bits per heavy atom. The van der Waals surface area contributed by atoms with Crippen LogP contribution in [0.2, 0.25) is 0 Å². The molecule has 0 radical (unpaired) electrons. The maximum atomic E-state index is 11.7. The highest BCUT2D eigenvalue weighted by molar-refractivity contribution is 5.95. The summed E-state index contributed by atoms with van der Waals surface area (Å²) in [7, 11) is 0. The third kappa shape index (κ3) is 4.57. The standard InChI is InChI=1S/C18H28N2O/c1-3-6-16(7-4-2)19-14-15-9-11-17(12-10-15)20-13-5-8-18(20)21/h9-12,16,19H,3-8,13-14H2,1-2H3. The largest absolute Gasteiger partial charge is 0.312 e. The van der Waals surface area contributed by atoms with Gasteiger partial charge in [-0.3, -0.25) is 4.79 Å². The first kappa shape index (κ1) is 16.0. The minimum absolute atomic E-state index is 0.256. The third-order valence-electron chi connectivity index (χ3n) is 4.19. The summed E-state index contributed by atoms with van der Waals surface area (Å²) < 4.78 is 0. The lowest BCUT2D eigenvalue weighted by molar-refractivity contribution is -0.117. The molecule has 1 aromatic rings. The molecule has 1 heterocycles. The Kier molecular flexibility index (Phi) is 6.24. The smallest absolute Gasteiger partial charge is 0.227 e. The van der Waals surface area contributed by atoms with Gasteiger partial charge in [0.2, 0.25) is 5.91 Å². The second-order valence-corrected chi connectivity index (χ2v) is 5.97. The number of benzene rings is 1. The first-order valence-corrected chi connectivity index (χ1v) is 8.37. The molecule has 0 aliphatic carbocycles. The van der Waals surface area contributed by atoms with Crippen molar-refractivity contribution in [2.75, 3.05) is 11.4 Å². The highest BCUT2D eigenvalue weighted by atomic mass is 16.2. The van der Waals surface area contributed by atoms with E-state index in [1.54, 1.807) is 0 Å². The Labute approximate surface area is 128 Å². The van der Waals surface area contributed by atoms with Crippen molar-refractivity contribution < 1.29 is 4.79 Å². The molecular weight excluding hydrogens is 260 g/mol. The summed E-state index contributed by atoms with van der Waals surface area (Å²) >= 11 is 0. The molecular formula is C18H28N2O. The maximum absolute atomic E-state index is 11.7. The van der Waals surface area contributed by atoms with E-state index in [2.05, 4.69) is 43.4 Å². The Morgan fingerprint density at radius 2 is 1.81 bits per heavy atom. The van der Waals surface area contributed by atoms with E-state index in [1.165, 1.54) is 31.2 Å². The van der Waals surface area contributed by atoms with Crippen LogP contribution in [-0.4, -0.2) is 18.5 Å². The molecule has 1 aromatic carbocycles. The molecule has 1 N–H and O–H groups in total. The van der Waals surface area contributed by atoms with Crippen LogP contribution in [0, 0.1) is 0 Å². The Hall–Kier alpha value is -1.35. The fraction of sp³-hybridized carbons (Fsp3) is 0.611. The van der Waals surface area contributed by atoms with Crippen molar-refractivity contribution in [1.82, 2.24) is 5.32 Å². The Balaban J connectivity index is 1.88. The fourth-order valence-electron chi connectivity index (χ4n) is 3.02. The fourth-order valence-corrected chi connectivity index (χ4v) is 3.02. The molecule has 0 unspecified atom stereocenters. The van der Waals surface area contributed by atoms with Gasteiger partial charge >= 0.3 is 0 Å². The van der Waals surface area contributed by atoms with Crippen LogP contribution < -0.4 is 10.2 Å². The van der Waals surface area contributed by atoms with Crippen LogP contribution >= 0.6 is 0 Å². The van der Waals surface area contributed by atoms with E-state index in [4.69, 9.17) is 0 Å². The maximum Gasteiger partial charge on any atom is 0.227 e. The van der Waals surface area contributed by atoms with Crippen molar-refractivity contribution in [3.63, 3.8) is 0 Å². The molecule has 2 rings (SSSR count). The molecule has 1 saturated heterocycles. The van der Waals surface area contributed by atoms with Crippen molar-refractivity contribution in [1.29, 1.82) is 0 Å². The van der Waals surface area contributed by atoms with Crippen LogP contribution in [0.5, 0.6) is 0 Å². The molecule has 1 fully saturated rings. The summed E-state index contributed by atoms with van der Waals surface area (Å²) in [6.07, 6.45) is 6.63. The van der Waals surface area contributed by atoms with E-state index in [0.29, 0.717) is 12.5 Å². The van der Waals surface area contributed by atoms with E-state index in [1.807, 2.05) is 4.90 Å². The molecule has 3 heteroatoms. The predicted octanol–water partition coefficient (Wildman–Crippen LogP) is 3.87. The van der Waals surface area contributed by atoms with Gasteiger partial charge in [-0.2, -0.15) is 0 Å². The van der Waals surface area contributed by atoms with Crippen LogP contribution in [0.25, 0.3) is 0 Å². The molecule has 0 aromatic heterocycles. The molecule has 0 atom stereocenters. The number of carbonyl (C=O) groups is 1. The number of rotatable bonds is 8. The summed E-state index contributed by atoms with van der Waals surface area (Å²) in [6.45, 7) is 6.27. The van der Waals surface area contributed by atoms with Crippen molar-refractivity contribution in [3.8, 4) is 0 Å².